The molecule has 0 saturated carbocycles. The Morgan fingerprint density at radius 1 is 0.205 bits per heavy atom. The van der Waals surface area contributed by atoms with Crippen molar-refractivity contribution in [3.05, 3.63) is 505 Å². The first-order valence-electron chi connectivity index (χ1n) is 45.1. The van der Waals surface area contributed by atoms with Gasteiger partial charge in [0, 0.05) is 50.2 Å². The molecule has 132 heavy (non-hydrogen) atoms. The van der Waals surface area contributed by atoms with Gasteiger partial charge >= 0.3 is 0 Å². The minimum atomic E-state index is -0.534. The molecular formula is C123H80N6O3. The van der Waals surface area contributed by atoms with Crippen molar-refractivity contribution in [3.8, 4) is 146 Å². The topological polar surface area (TPSA) is 96.9 Å². The molecule has 4 aliphatic rings. The molecule has 19 aromatic carbocycles. The molecule has 4 aromatic heterocycles. The summed E-state index contributed by atoms with van der Waals surface area (Å²) in [5.74, 6) is 4.65. The third kappa shape index (κ3) is 11.9. The molecule has 2 spiro atoms. The molecule has 9 heteroatoms. The van der Waals surface area contributed by atoms with Crippen molar-refractivity contribution < 1.29 is 13.6 Å². The van der Waals surface area contributed by atoms with E-state index in [-0.39, 0.29) is 5.41 Å². The van der Waals surface area contributed by atoms with Crippen molar-refractivity contribution in [1.82, 2.24) is 29.1 Å². The number of hydrogen-bond donors (Lipinski definition) is 0. The van der Waals surface area contributed by atoms with Gasteiger partial charge in [0.15, 0.2) is 11.2 Å². The van der Waals surface area contributed by atoms with Gasteiger partial charge in [-0.2, -0.15) is 0 Å². The predicted octanol–water partition coefficient (Wildman–Crippen LogP) is 30.8. The standard InChI is InChI=1S/C72H50N4.C51H30N2O3/c1-71(2)61-31-17-19-33-63(61)72(64-34-20-18-32-62(64)71)59-30-16-15-29-57(59)58-44-49(35-38-60(58)72)52-41-53(50-36-39-67-65(45-50)73-69(47-21-7-3-8-22-47)75(67)55-25-11-5-12-26-55)43-54(42-52)51-37-40-68-66(46-51)74-70(48-23-9-4-10-24-48)76(68)56-27-13-6-14-28-56;1-3-16-39-37(14-1)38-15-2-4-17-40(38)51(39)41-18-5-8-21-45(41)54-46-25-24-33(30-42(46)51)31-12-11-13-32(26-31)34-27-35(49-52-43-19-6-9-22-47(43)55-49)29-36(28-34)50-53-44-20-7-10-23-48(44)56-50/h3-46H,1-2H3;1-30H. The van der Waals surface area contributed by atoms with Crippen LogP contribution in [-0.4, -0.2) is 29.1 Å². The van der Waals surface area contributed by atoms with Crippen LogP contribution in [0.3, 0.4) is 0 Å². The van der Waals surface area contributed by atoms with Crippen molar-refractivity contribution in [3.63, 3.8) is 0 Å². The van der Waals surface area contributed by atoms with Crippen LogP contribution >= 0.6 is 0 Å². The summed E-state index contributed by atoms with van der Waals surface area (Å²) in [5.41, 5.74) is 40.8. The summed E-state index contributed by atoms with van der Waals surface area (Å²) >= 11 is 0. The maximum absolute atomic E-state index is 6.70. The summed E-state index contributed by atoms with van der Waals surface area (Å²) in [6.07, 6.45) is 0. The van der Waals surface area contributed by atoms with E-state index in [1.807, 2.05) is 54.6 Å². The lowest BCUT2D eigenvalue weighted by Crippen LogP contribution is -2.40. The van der Waals surface area contributed by atoms with E-state index in [9.17, 15) is 0 Å². The van der Waals surface area contributed by atoms with Crippen molar-refractivity contribution in [2.45, 2.75) is 30.1 Å². The van der Waals surface area contributed by atoms with Gasteiger partial charge in [0.2, 0.25) is 11.8 Å². The molecule has 0 N–H and O–H groups in total. The molecule has 1 aliphatic heterocycles. The fraction of sp³-hybridized carbons (Fsp3) is 0.0407. The summed E-state index contributed by atoms with van der Waals surface area (Å²) in [6, 6.07) is 161. The SMILES string of the molecule is CC1(C)c2ccccc2C2(c3ccccc3-c3cc(-c4cc(-c5ccc6c(c5)nc(-c5ccccc5)n6-c5ccccc5)cc(-c5ccc6c(c5)nc(-c5ccccc5)n6-c5ccccc5)c4)ccc32)c2ccccc21.c1cc(-c2cc(-c3nc4ccccc4o3)cc(-c3nc4ccccc4o3)c2)cc(-c2ccc3c(c2)C2(c4ccccc4O3)c3ccccc3-c3ccccc32)c1. The summed E-state index contributed by atoms with van der Waals surface area (Å²) in [4.78, 5) is 20.5. The number of rotatable bonds is 11. The van der Waals surface area contributed by atoms with Crippen LogP contribution < -0.4 is 4.74 Å². The van der Waals surface area contributed by atoms with Gasteiger partial charge in [0.05, 0.1) is 32.9 Å². The maximum atomic E-state index is 6.70. The highest BCUT2D eigenvalue weighted by Crippen LogP contribution is 2.65. The quantitative estimate of drug-likeness (QED) is 0.127. The molecule has 3 aliphatic carbocycles. The zero-order valence-electron chi connectivity index (χ0n) is 72.1. The van der Waals surface area contributed by atoms with Gasteiger partial charge < -0.3 is 13.6 Å². The Morgan fingerprint density at radius 2 is 0.538 bits per heavy atom. The van der Waals surface area contributed by atoms with Crippen molar-refractivity contribution in [2.75, 3.05) is 0 Å². The molecule has 0 bridgehead atoms. The Labute approximate surface area is 762 Å². The van der Waals surface area contributed by atoms with Crippen LogP contribution in [0.5, 0.6) is 11.5 Å². The molecule has 23 aromatic rings. The molecule has 0 fully saturated rings. The molecule has 0 unspecified atom stereocenters. The number of oxazole rings is 2. The fourth-order valence-corrected chi connectivity index (χ4v) is 21.9. The fourth-order valence-electron chi connectivity index (χ4n) is 21.9. The van der Waals surface area contributed by atoms with Crippen LogP contribution in [0.4, 0.5) is 0 Å². The summed E-state index contributed by atoms with van der Waals surface area (Å²) in [5, 5.41) is 0. The van der Waals surface area contributed by atoms with Gasteiger partial charge in [0.25, 0.3) is 0 Å². The molecule has 0 saturated heterocycles. The second-order valence-electron chi connectivity index (χ2n) is 35.4. The smallest absolute Gasteiger partial charge is 0.227 e. The van der Waals surface area contributed by atoms with Crippen LogP contribution in [0.2, 0.25) is 0 Å². The van der Waals surface area contributed by atoms with Crippen molar-refractivity contribution in [2.24, 2.45) is 0 Å². The first-order valence-corrected chi connectivity index (χ1v) is 45.1. The minimum Gasteiger partial charge on any atom is -0.457 e. The Kier molecular flexibility index (Phi) is 17.3. The van der Waals surface area contributed by atoms with E-state index in [4.69, 9.17) is 33.5 Å². The number of nitrogens with zero attached hydrogens (tertiary/aromatic N) is 6. The van der Waals surface area contributed by atoms with Gasteiger partial charge in [-0.3, -0.25) is 9.13 Å². The van der Waals surface area contributed by atoms with Gasteiger partial charge in [0.1, 0.15) is 34.2 Å². The second kappa shape index (κ2) is 30.0. The highest BCUT2D eigenvalue weighted by atomic mass is 16.5. The molecule has 27 rings (SSSR count). The van der Waals surface area contributed by atoms with Gasteiger partial charge in [-0.05, 0) is 262 Å². The third-order valence-corrected chi connectivity index (χ3v) is 27.8. The number of hydrogen-bond acceptors (Lipinski definition) is 7. The summed E-state index contributed by atoms with van der Waals surface area (Å²) in [7, 11) is 0. The number of para-hydroxylation sites is 7. The number of aromatic nitrogens is 6. The van der Waals surface area contributed by atoms with Crippen LogP contribution in [0.15, 0.2) is 458 Å². The highest BCUT2D eigenvalue weighted by Gasteiger charge is 2.54. The lowest BCUT2D eigenvalue weighted by Gasteiger charge is -2.46. The van der Waals surface area contributed by atoms with Crippen molar-refractivity contribution in [1.29, 1.82) is 0 Å². The number of ether oxygens (including phenoxy) is 1. The Balaban J connectivity index is 0.000000145. The largest absolute Gasteiger partial charge is 0.457 e. The average Bonchev–Trinajstić information content (AvgIpc) is 1.52. The van der Waals surface area contributed by atoms with E-state index in [2.05, 4.69) is 417 Å². The summed E-state index contributed by atoms with van der Waals surface area (Å²) < 4.78 is 23.8. The first kappa shape index (κ1) is 76.1. The zero-order chi connectivity index (χ0) is 87.3. The Bertz CT molecular complexity index is 8180. The number of benzene rings is 19. The van der Waals surface area contributed by atoms with E-state index >= 15 is 0 Å². The highest BCUT2D eigenvalue weighted by molar-refractivity contribution is 5.97. The second-order valence-corrected chi connectivity index (χ2v) is 35.4. The molecule has 620 valence electrons. The van der Waals surface area contributed by atoms with E-state index in [1.165, 1.54) is 66.8 Å². The van der Waals surface area contributed by atoms with Crippen LogP contribution in [0.25, 0.3) is 179 Å². The van der Waals surface area contributed by atoms with Gasteiger partial charge in [-0.25, -0.2) is 19.9 Å². The Morgan fingerprint density at radius 3 is 1.04 bits per heavy atom. The Hall–Kier alpha value is -17.1. The van der Waals surface area contributed by atoms with E-state index in [0.29, 0.717) is 11.8 Å². The van der Waals surface area contributed by atoms with E-state index < -0.39 is 10.8 Å². The molecule has 9 nitrogen and oxygen atoms in total. The molecule has 0 atom stereocenters. The van der Waals surface area contributed by atoms with Gasteiger partial charge in [-0.15, -0.1) is 0 Å². The lowest BCUT2D eigenvalue weighted by atomic mass is 9.55. The molecule has 0 amide bonds. The minimum absolute atomic E-state index is 0.162. The normalized spacial score (nSPS) is 13.5. The van der Waals surface area contributed by atoms with Crippen molar-refractivity contribution >= 4 is 44.3 Å². The van der Waals surface area contributed by atoms with Crippen LogP contribution in [-0.2, 0) is 16.2 Å². The first-order chi connectivity index (χ1) is 65.1. The third-order valence-electron chi connectivity index (χ3n) is 27.8. The lowest BCUT2D eigenvalue weighted by molar-refractivity contribution is 0.436. The predicted molar refractivity (Wildman–Crippen MR) is 533 cm³/mol. The van der Waals surface area contributed by atoms with E-state index in [0.717, 1.165) is 168 Å². The number of fused-ring (bicyclic) bond motifs is 22. The van der Waals surface area contributed by atoms with Gasteiger partial charge in [-0.1, -0.05) is 323 Å². The molecule has 5 heterocycles. The van der Waals surface area contributed by atoms with E-state index in [1.54, 1.807) is 0 Å². The summed E-state index contributed by atoms with van der Waals surface area (Å²) in [6.45, 7) is 4.77. The number of imidazole rings is 2. The maximum Gasteiger partial charge on any atom is 0.227 e. The molecular weight excluding hydrogens is 1610 g/mol. The average molecular weight is 1690 g/mol. The zero-order valence-corrected chi connectivity index (χ0v) is 72.1. The van der Waals surface area contributed by atoms with Crippen LogP contribution in [0, 0.1) is 0 Å². The van der Waals surface area contributed by atoms with Crippen LogP contribution in [0.1, 0.15) is 69.5 Å². The monoisotopic (exact) mass is 1690 g/mol. The molecule has 0 radical (unpaired) electrons.